The van der Waals surface area contributed by atoms with Gasteiger partial charge in [0.15, 0.2) is 4.67 Å². The van der Waals surface area contributed by atoms with Crippen LogP contribution in [0.5, 0.6) is 0 Å². The maximum Gasteiger partial charge on any atom is 0.317 e. The van der Waals surface area contributed by atoms with Gasteiger partial charge in [-0.15, -0.1) is 0 Å². The fraction of sp³-hybridized carbons (Fsp3) is 0.545. The molecule has 0 aliphatic heterocycles. The summed E-state index contributed by atoms with van der Waals surface area (Å²) in [6.45, 7) is 4.56. The molecule has 1 unspecified atom stereocenters. The predicted octanol–water partition coefficient (Wildman–Crippen LogP) is 3.49. The number of hydrogen-bond acceptors (Lipinski definition) is 3. The van der Waals surface area contributed by atoms with Gasteiger partial charge in [-0.05, 0) is 51.3 Å². The summed E-state index contributed by atoms with van der Waals surface area (Å²) in [4.78, 5) is 12.7. The Balaban J connectivity index is 2.74. The molecule has 1 aromatic rings. The van der Waals surface area contributed by atoms with E-state index in [9.17, 15) is 4.79 Å². The maximum absolute atomic E-state index is 10.8. The van der Waals surface area contributed by atoms with Crippen molar-refractivity contribution in [1.82, 2.24) is 4.90 Å². The van der Waals surface area contributed by atoms with Crippen LogP contribution in [0.15, 0.2) is 19.6 Å². The Morgan fingerprint density at radius 2 is 2.24 bits per heavy atom. The lowest BCUT2D eigenvalue weighted by Crippen LogP contribution is -2.36. The molecule has 1 aromatic heterocycles. The highest BCUT2D eigenvalue weighted by Crippen LogP contribution is 2.27. The summed E-state index contributed by atoms with van der Waals surface area (Å²) in [6.07, 6.45) is 0.899. The van der Waals surface area contributed by atoms with Crippen LogP contribution in [0.4, 0.5) is 0 Å². The first kappa shape index (κ1) is 14.7. The van der Waals surface area contributed by atoms with Crippen LogP contribution in [0.1, 0.15) is 26.0 Å². The highest BCUT2D eigenvalue weighted by Gasteiger charge is 2.18. The van der Waals surface area contributed by atoms with Gasteiger partial charge in [-0.1, -0.05) is 6.92 Å². The Morgan fingerprint density at radius 1 is 1.59 bits per heavy atom. The van der Waals surface area contributed by atoms with E-state index in [1.165, 1.54) is 0 Å². The number of aliphatic carboxylic acids is 1. The molecule has 0 aromatic carbocycles. The first-order valence-corrected chi connectivity index (χ1v) is 6.92. The van der Waals surface area contributed by atoms with E-state index in [1.807, 2.05) is 24.8 Å². The lowest BCUT2D eigenvalue weighted by molar-refractivity contribution is -0.139. The van der Waals surface area contributed by atoms with Crippen LogP contribution in [0, 0.1) is 0 Å². The van der Waals surface area contributed by atoms with Crippen LogP contribution in [0.3, 0.4) is 0 Å². The minimum Gasteiger partial charge on any atom is -0.480 e. The zero-order valence-corrected chi connectivity index (χ0v) is 12.9. The average molecular weight is 369 g/mol. The predicted molar refractivity (Wildman–Crippen MR) is 71.9 cm³/mol. The zero-order valence-electron chi connectivity index (χ0n) is 9.74. The van der Waals surface area contributed by atoms with E-state index in [4.69, 9.17) is 9.52 Å². The number of carboxylic acids is 1. The fourth-order valence-corrected chi connectivity index (χ4v) is 2.13. The molecule has 0 aliphatic carbocycles. The van der Waals surface area contributed by atoms with Crippen molar-refractivity contribution in [2.75, 3.05) is 6.54 Å². The minimum absolute atomic E-state index is 0.0188. The molecule has 0 amide bonds. The summed E-state index contributed by atoms with van der Waals surface area (Å²) in [5.74, 6) is -0.0831. The van der Waals surface area contributed by atoms with Crippen LogP contribution >= 0.6 is 31.9 Å². The number of carbonyl (C=O) groups is 1. The summed E-state index contributed by atoms with van der Waals surface area (Å²) < 4.78 is 6.93. The molecule has 0 saturated heterocycles. The summed E-state index contributed by atoms with van der Waals surface area (Å²) >= 11 is 6.60. The first-order chi connectivity index (χ1) is 7.93. The average Bonchev–Trinajstić information content (AvgIpc) is 2.55. The Morgan fingerprint density at radius 3 is 2.65 bits per heavy atom. The Bertz CT molecular complexity index is 373. The number of carboxylic acid groups (broad SMARTS) is 1. The van der Waals surface area contributed by atoms with Crippen molar-refractivity contribution in [2.24, 2.45) is 0 Å². The van der Waals surface area contributed by atoms with E-state index in [-0.39, 0.29) is 12.6 Å². The number of rotatable bonds is 6. The molecular formula is C11H15Br2NO3. The van der Waals surface area contributed by atoms with E-state index in [0.29, 0.717) is 11.2 Å². The third-order valence-electron chi connectivity index (χ3n) is 2.61. The van der Waals surface area contributed by atoms with Crippen LogP contribution in [0.2, 0.25) is 0 Å². The van der Waals surface area contributed by atoms with Gasteiger partial charge >= 0.3 is 5.97 Å². The normalized spacial score (nSPS) is 13.0. The molecule has 0 radical (unpaired) electrons. The van der Waals surface area contributed by atoms with Crippen molar-refractivity contribution < 1.29 is 14.3 Å². The SMILES string of the molecule is CCC(C)N(CC(=O)O)Cc1cc(Br)c(Br)o1. The van der Waals surface area contributed by atoms with Gasteiger partial charge in [0.05, 0.1) is 17.6 Å². The van der Waals surface area contributed by atoms with Crippen molar-refractivity contribution in [1.29, 1.82) is 0 Å². The third-order valence-corrected chi connectivity index (χ3v) is 4.32. The number of nitrogens with zero attached hydrogens (tertiary/aromatic N) is 1. The molecule has 6 heteroatoms. The molecule has 0 bridgehead atoms. The maximum atomic E-state index is 10.8. The molecule has 4 nitrogen and oxygen atoms in total. The van der Waals surface area contributed by atoms with E-state index >= 15 is 0 Å². The van der Waals surface area contributed by atoms with Crippen molar-refractivity contribution in [2.45, 2.75) is 32.9 Å². The van der Waals surface area contributed by atoms with Crippen LogP contribution in [-0.4, -0.2) is 28.6 Å². The second kappa shape index (κ2) is 6.56. The zero-order chi connectivity index (χ0) is 13.0. The van der Waals surface area contributed by atoms with Crippen LogP contribution in [0.25, 0.3) is 0 Å². The van der Waals surface area contributed by atoms with Gasteiger partial charge in [-0.2, -0.15) is 0 Å². The molecular weight excluding hydrogens is 354 g/mol. The number of hydrogen-bond donors (Lipinski definition) is 1. The summed E-state index contributed by atoms with van der Waals surface area (Å²) in [5, 5.41) is 8.88. The highest BCUT2D eigenvalue weighted by molar-refractivity contribution is 9.13. The van der Waals surface area contributed by atoms with Crippen molar-refractivity contribution in [3.8, 4) is 0 Å². The molecule has 1 rings (SSSR count). The van der Waals surface area contributed by atoms with Gasteiger partial charge in [0.25, 0.3) is 0 Å². The van der Waals surface area contributed by atoms with Crippen molar-refractivity contribution in [3.05, 3.63) is 21.0 Å². The largest absolute Gasteiger partial charge is 0.480 e. The second-order valence-corrected chi connectivity index (χ2v) is 5.46. The van der Waals surface area contributed by atoms with Crippen molar-refractivity contribution in [3.63, 3.8) is 0 Å². The topological polar surface area (TPSA) is 53.7 Å². The monoisotopic (exact) mass is 367 g/mol. The smallest absolute Gasteiger partial charge is 0.317 e. The molecule has 17 heavy (non-hydrogen) atoms. The Labute approximate surface area is 117 Å². The molecule has 1 heterocycles. The number of halogens is 2. The Hall–Kier alpha value is -0.330. The molecule has 0 aliphatic rings. The molecule has 96 valence electrons. The van der Waals surface area contributed by atoms with Gasteiger partial charge < -0.3 is 9.52 Å². The fourth-order valence-electron chi connectivity index (χ4n) is 1.47. The van der Waals surface area contributed by atoms with Gasteiger partial charge in [-0.3, -0.25) is 9.69 Å². The van der Waals surface area contributed by atoms with Crippen molar-refractivity contribution >= 4 is 37.8 Å². The quantitative estimate of drug-likeness (QED) is 0.834. The molecule has 1 atom stereocenters. The van der Waals surface area contributed by atoms with E-state index in [2.05, 4.69) is 31.9 Å². The lowest BCUT2D eigenvalue weighted by atomic mass is 10.2. The summed E-state index contributed by atoms with van der Waals surface area (Å²) in [7, 11) is 0. The third kappa shape index (κ3) is 4.44. The molecule has 0 fully saturated rings. The minimum atomic E-state index is -0.824. The van der Waals surface area contributed by atoms with E-state index < -0.39 is 5.97 Å². The molecule has 0 saturated carbocycles. The van der Waals surface area contributed by atoms with Crippen LogP contribution in [-0.2, 0) is 11.3 Å². The van der Waals surface area contributed by atoms with Gasteiger partial charge in [0, 0.05) is 6.04 Å². The van der Waals surface area contributed by atoms with Gasteiger partial charge in [-0.25, -0.2) is 0 Å². The highest BCUT2D eigenvalue weighted by atomic mass is 79.9. The van der Waals surface area contributed by atoms with Gasteiger partial charge in [0.2, 0.25) is 0 Å². The standard InChI is InChI=1S/C11H15Br2NO3/c1-3-7(2)14(6-10(15)16)5-8-4-9(12)11(13)17-8/h4,7H,3,5-6H2,1-2H3,(H,15,16). The van der Waals surface area contributed by atoms with E-state index in [1.54, 1.807) is 0 Å². The van der Waals surface area contributed by atoms with Crippen LogP contribution < -0.4 is 0 Å². The Kier molecular flexibility index (Phi) is 5.69. The summed E-state index contributed by atoms with van der Waals surface area (Å²) in [5.41, 5.74) is 0. The van der Waals surface area contributed by atoms with E-state index in [0.717, 1.165) is 16.7 Å². The molecule has 0 spiro atoms. The molecule has 1 N–H and O–H groups in total. The second-order valence-electron chi connectivity index (χ2n) is 3.89. The first-order valence-electron chi connectivity index (χ1n) is 5.33. The number of furan rings is 1. The van der Waals surface area contributed by atoms with Gasteiger partial charge in [0.1, 0.15) is 5.76 Å². The lowest BCUT2D eigenvalue weighted by Gasteiger charge is -2.25. The summed E-state index contributed by atoms with van der Waals surface area (Å²) in [6, 6.07) is 2.05.